The lowest BCUT2D eigenvalue weighted by atomic mass is 10.0. The molecule has 0 N–H and O–H groups in total. The van der Waals surface area contributed by atoms with Crippen molar-refractivity contribution < 1.29 is 0 Å². The minimum Gasteiger partial charge on any atom is -0.242 e. The molecule has 0 saturated heterocycles. The molecule has 0 aliphatic rings. The number of nitrogens with zero attached hydrogens (tertiary/aromatic N) is 2. The zero-order valence-corrected chi connectivity index (χ0v) is 10.4. The quantitative estimate of drug-likeness (QED) is 0.775. The average molecular weight is 255 g/mol. The number of halogens is 1. The van der Waals surface area contributed by atoms with Crippen LogP contribution in [0.1, 0.15) is 25.4 Å². The van der Waals surface area contributed by atoms with Crippen molar-refractivity contribution in [3.8, 4) is 0 Å². The maximum Gasteiger partial charge on any atom is 0.125 e. The van der Waals surface area contributed by atoms with Crippen LogP contribution in [0.25, 0.3) is 6.08 Å². The lowest BCUT2D eigenvalue weighted by Gasteiger charge is -2.07. The number of aryl methyl sites for hydroxylation is 1. The predicted octanol–water partition coefficient (Wildman–Crippen LogP) is 3.22. The molecule has 0 aliphatic carbocycles. The number of aromatic nitrogens is 2. The molecule has 0 aliphatic heterocycles. The largest absolute Gasteiger partial charge is 0.242 e. The van der Waals surface area contributed by atoms with Crippen molar-refractivity contribution in [2.24, 2.45) is 5.92 Å². The van der Waals surface area contributed by atoms with E-state index >= 15 is 0 Å². The van der Waals surface area contributed by atoms with Crippen LogP contribution in [0.3, 0.4) is 0 Å². The van der Waals surface area contributed by atoms with E-state index in [0.29, 0.717) is 5.92 Å². The van der Waals surface area contributed by atoms with Crippen molar-refractivity contribution in [3.63, 3.8) is 0 Å². The number of allylic oxidation sites excluding steroid dienone is 1. The first-order chi connectivity index (χ1) is 6.63. The molecule has 0 radical (unpaired) electrons. The summed E-state index contributed by atoms with van der Waals surface area (Å²) in [6.45, 7) is 6.27. The summed E-state index contributed by atoms with van der Waals surface area (Å²) in [4.78, 5) is 8.40. The highest BCUT2D eigenvalue weighted by Gasteiger charge is 2.02. The van der Waals surface area contributed by atoms with Crippen LogP contribution in [0.5, 0.6) is 0 Å². The van der Waals surface area contributed by atoms with E-state index in [9.17, 15) is 0 Å². The van der Waals surface area contributed by atoms with Gasteiger partial charge in [-0.3, -0.25) is 0 Å². The lowest BCUT2D eigenvalue weighted by Crippen LogP contribution is -1.96. The summed E-state index contributed by atoms with van der Waals surface area (Å²) < 4.78 is 0. The Balaban J connectivity index is 2.94. The normalized spacial score (nSPS) is 12.2. The van der Waals surface area contributed by atoms with Crippen LogP contribution < -0.4 is 0 Å². The van der Waals surface area contributed by atoms with Gasteiger partial charge in [0.2, 0.25) is 0 Å². The summed E-state index contributed by atoms with van der Waals surface area (Å²) in [5, 5.41) is 0.897. The first-order valence-corrected chi connectivity index (χ1v) is 5.81. The van der Waals surface area contributed by atoms with Gasteiger partial charge in [-0.2, -0.15) is 0 Å². The van der Waals surface area contributed by atoms with Crippen molar-refractivity contribution in [2.75, 3.05) is 5.33 Å². The second-order valence-electron chi connectivity index (χ2n) is 3.54. The van der Waals surface area contributed by atoms with Crippen LogP contribution >= 0.6 is 15.9 Å². The van der Waals surface area contributed by atoms with Crippen molar-refractivity contribution >= 4 is 22.0 Å². The zero-order valence-electron chi connectivity index (χ0n) is 8.79. The number of alkyl halides is 1. The molecule has 1 heterocycles. The second-order valence-corrected chi connectivity index (χ2v) is 4.10. The molecule has 0 aromatic carbocycles. The molecule has 0 unspecified atom stereocenters. The van der Waals surface area contributed by atoms with Gasteiger partial charge in [-0.25, -0.2) is 9.97 Å². The molecule has 1 aromatic rings. The summed E-state index contributed by atoms with van der Waals surface area (Å²) in [5.41, 5.74) is 2.34. The Morgan fingerprint density at radius 3 is 2.79 bits per heavy atom. The Labute approximate surface area is 93.6 Å². The van der Waals surface area contributed by atoms with Gasteiger partial charge in [-0.05, 0) is 25.0 Å². The molecule has 1 aromatic heterocycles. The van der Waals surface area contributed by atoms with E-state index in [1.165, 1.54) is 5.57 Å². The zero-order chi connectivity index (χ0) is 10.6. The summed E-state index contributed by atoms with van der Waals surface area (Å²) in [5.74, 6) is 1.36. The van der Waals surface area contributed by atoms with Gasteiger partial charge in [0.25, 0.3) is 0 Å². The number of hydrogen-bond acceptors (Lipinski definition) is 2. The van der Waals surface area contributed by atoms with E-state index in [0.717, 1.165) is 16.8 Å². The Kier molecular flexibility index (Phi) is 4.26. The summed E-state index contributed by atoms with van der Waals surface area (Å²) in [7, 11) is 0. The van der Waals surface area contributed by atoms with Crippen LogP contribution in [0.15, 0.2) is 17.8 Å². The maximum atomic E-state index is 4.34. The summed E-state index contributed by atoms with van der Waals surface area (Å²) >= 11 is 3.48. The SMILES string of the molecule is Cc1nccc(/C=C(\CBr)C(C)C)n1. The van der Waals surface area contributed by atoms with E-state index in [1.807, 2.05) is 13.0 Å². The van der Waals surface area contributed by atoms with Crippen LogP contribution in [-0.2, 0) is 0 Å². The van der Waals surface area contributed by atoms with E-state index in [1.54, 1.807) is 6.20 Å². The highest BCUT2D eigenvalue weighted by atomic mass is 79.9. The third-order valence-electron chi connectivity index (χ3n) is 2.03. The minimum absolute atomic E-state index is 0.546. The van der Waals surface area contributed by atoms with Crippen molar-refractivity contribution in [3.05, 3.63) is 29.4 Å². The van der Waals surface area contributed by atoms with Gasteiger partial charge < -0.3 is 0 Å². The molecule has 0 amide bonds. The van der Waals surface area contributed by atoms with E-state index in [4.69, 9.17) is 0 Å². The van der Waals surface area contributed by atoms with Gasteiger partial charge in [-0.1, -0.05) is 35.4 Å². The van der Waals surface area contributed by atoms with E-state index < -0.39 is 0 Å². The van der Waals surface area contributed by atoms with Crippen molar-refractivity contribution in [2.45, 2.75) is 20.8 Å². The molecule has 2 nitrogen and oxygen atoms in total. The standard InChI is InChI=1S/C11H15BrN2/c1-8(2)10(7-12)6-11-4-5-13-9(3)14-11/h4-6,8H,7H2,1-3H3/b10-6+. The average Bonchev–Trinajstić information content (AvgIpc) is 2.14. The smallest absolute Gasteiger partial charge is 0.125 e. The minimum atomic E-state index is 0.546. The Morgan fingerprint density at radius 1 is 1.57 bits per heavy atom. The van der Waals surface area contributed by atoms with Crippen molar-refractivity contribution in [1.29, 1.82) is 0 Å². The molecule has 0 bridgehead atoms. The topological polar surface area (TPSA) is 25.8 Å². The summed E-state index contributed by atoms with van der Waals surface area (Å²) in [6, 6.07) is 1.93. The van der Waals surface area contributed by atoms with Gasteiger partial charge in [0.1, 0.15) is 5.82 Å². The molecule has 14 heavy (non-hydrogen) atoms. The number of rotatable bonds is 3. The highest BCUT2D eigenvalue weighted by molar-refractivity contribution is 9.09. The van der Waals surface area contributed by atoms with Gasteiger partial charge in [0.15, 0.2) is 0 Å². The monoisotopic (exact) mass is 254 g/mol. The van der Waals surface area contributed by atoms with E-state index in [2.05, 4.69) is 45.8 Å². The van der Waals surface area contributed by atoms with E-state index in [-0.39, 0.29) is 0 Å². The Morgan fingerprint density at radius 2 is 2.29 bits per heavy atom. The fourth-order valence-corrected chi connectivity index (χ4v) is 1.91. The first kappa shape index (κ1) is 11.4. The predicted molar refractivity (Wildman–Crippen MR) is 63.4 cm³/mol. The van der Waals surface area contributed by atoms with Crippen LogP contribution in [0.4, 0.5) is 0 Å². The second kappa shape index (κ2) is 5.25. The highest BCUT2D eigenvalue weighted by Crippen LogP contribution is 2.15. The fourth-order valence-electron chi connectivity index (χ4n) is 1.10. The molecule has 0 saturated carbocycles. The summed E-state index contributed by atoms with van der Waals surface area (Å²) in [6.07, 6.45) is 3.91. The fraction of sp³-hybridized carbons (Fsp3) is 0.455. The Bertz CT molecular complexity index is 332. The molecule has 0 spiro atoms. The molecule has 1 rings (SSSR count). The maximum absolute atomic E-state index is 4.34. The molecule has 0 atom stereocenters. The number of hydrogen-bond donors (Lipinski definition) is 0. The molecule has 3 heteroatoms. The lowest BCUT2D eigenvalue weighted by molar-refractivity contribution is 0.780. The first-order valence-electron chi connectivity index (χ1n) is 4.69. The van der Waals surface area contributed by atoms with Crippen molar-refractivity contribution in [1.82, 2.24) is 9.97 Å². The van der Waals surface area contributed by atoms with Gasteiger partial charge in [0, 0.05) is 11.5 Å². The van der Waals surface area contributed by atoms with Crippen LogP contribution in [0.2, 0.25) is 0 Å². The van der Waals surface area contributed by atoms with Crippen LogP contribution in [-0.4, -0.2) is 15.3 Å². The van der Waals surface area contributed by atoms with Gasteiger partial charge in [0.05, 0.1) is 5.69 Å². The third kappa shape index (κ3) is 3.22. The van der Waals surface area contributed by atoms with Gasteiger partial charge >= 0.3 is 0 Å². The molecule has 76 valence electrons. The molecular weight excluding hydrogens is 240 g/mol. The molecule has 0 fully saturated rings. The van der Waals surface area contributed by atoms with Crippen LogP contribution in [0, 0.1) is 12.8 Å². The molecular formula is C11H15BrN2. The van der Waals surface area contributed by atoms with Gasteiger partial charge in [-0.15, -0.1) is 0 Å². The Hall–Kier alpha value is -0.700. The third-order valence-corrected chi connectivity index (χ3v) is 2.67.